The smallest absolute Gasteiger partial charge is 0.127 e. The van der Waals surface area contributed by atoms with E-state index < -0.39 is 0 Å². The van der Waals surface area contributed by atoms with Gasteiger partial charge in [-0.1, -0.05) is 18.2 Å². The van der Waals surface area contributed by atoms with Crippen molar-refractivity contribution < 1.29 is 4.39 Å². The maximum absolute atomic E-state index is 13.9. The lowest BCUT2D eigenvalue weighted by molar-refractivity contribution is -0.0606. The highest BCUT2D eigenvalue weighted by atomic mass is 19.1. The summed E-state index contributed by atoms with van der Waals surface area (Å²) < 4.78 is 13.9. The molecule has 2 N–H and O–H groups in total. The molecule has 0 heterocycles. The molecule has 108 valence electrons. The third kappa shape index (κ3) is 2.09. The average Bonchev–Trinajstić information content (AvgIpc) is 2.36. The van der Waals surface area contributed by atoms with Crippen molar-refractivity contribution in [2.75, 3.05) is 0 Å². The summed E-state index contributed by atoms with van der Waals surface area (Å²) >= 11 is 0. The van der Waals surface area contributed by atoms with E-state index in [4.69, 9.17) is 5.73 Å². The Morgan fingerprint density at radius 2 is 1.60 bits per heavy atom. The lowest BCUT2D eigenvalue weighted by atomic mass is 9.48. The van der Waals surface area contributed by atoms with Crippen LogP contribution < -0.4 is 5.73 Å². The molecule has 4 bridgehead atoms. The first-order valence-electron chi connectivity index (χ1n) is 8.14. The number of nitrogens with two attached hydrogens (primary N) is 1. The van der Waals surface area contributed by atoms with Gasteiger partial charge in [0.15, 0.2) is 0 Å². The molecule has 4 fully saturated rings. The molecule has 5 rings (SSSR count). The summed E-state index contributed by atoms with van der Waals surface area (Å²) in [5, 5.41) is 0. The molecule has 1 atom stereocenters. The van der Waals surface area contributed by atoms with E-state index in [0.717, 1.165) is 24.2 Å². The van der Waals surface area contributed by atoms with Gasteiger partial charge in [0.2, 0.25) is 0 Å². The van der Waals surface area contributed by atoms with Crippen molar-refractivity contribution in [1.82, 2.24) is 0 Å². The summed E-state index contributed by atoms with van der Waals surface area (Å²) in [4.78, 5) is 0. The van der Waals surface area contributed by atoms with Gasteiger partial charge in [0.05, 0.1) is 0 Å². The highest BCUT2D eigenvalue weighted by Gasteiger charge is 2.51. The zero-order valence-electron chi connectivity index (χ0n) is 12.0. The summed E-state index contributed by atoms with van der Waals surface area (Å²) in [7, 11) is 0. The van der Waals surface area contributed by atoms with Crippen LogP contribution in [0.2, 0.25) is 0 Å². The van der Waals surface area contributed by atoms with Crippen LogP contribution in [0.5, 0.6) is 0 Å². The molecule has 4 saturated carbocycles. The van der Waals surface area contributed by atoms with Crippen molar-refractivity contribution in [2.24, 2.45) is 28.9 Å². The van der Waals surface area contributed by atoms with Gasteiger partial charge in [0.1, 0.15) is 5.82 Å². The van der Waals surface area contributed by atoms with Crippen molar-refractivity contribution >= 4 is 0 Å². The fraction of sp³-hybridized carbons (Fsp3) is 0.667. The van der Waals surface area contributed by atoms with Gasteiger partial charge in [-0.25, -0.2) is 4.39 Å². The highest BCUT2D eigenvalue weighted by Crippen LogP contribution is 2.62. The van der Waals surface area contributed by atoms with Gasteiger partial charge in [-0.05, 0) is 74.2 Å². The van der Waals surface area contributed by atoms with Gasteiger partial charge in [-0.2, -0.15) is 0 Å². The Balaban J connectivity index is 1.55. The lowest BCUT2D eigenvalue weighted by Gasteiger charge is -2.57. The molecule has 1 aromatic carbocycles. The molecule has 2 heteroatoms. The predicted octanol–water partition coefficient (Wildman–Crippen LogP) is 4.43. The minimum Gasteiger partial charge on any atom is -0.324 e. The van der Waals surface area contributed by atoms with Crippen molar-refractivity contribution in [3.05, 3.63) is 35.6 Å². The van der Waals surface area contributed by atoms with Crippen LogP contribution in [0, 0.1) is 29.0 Å². The third-order valence-electron chi connectivity index (χ3n) is 6.12. The van der Waals surface area contributed by atoms with Crippen LogP contribution in [0.3, 0.4) is 0 Å². The molecule has 0 aromatic heterocycles. The van der Waals surface area contributed by atoms with E-state index in [-0.39, 0.29) is 11.9 Å². The van der Waals surface area contributed by atoms with E-state index in [9.17, 15) is 4.39 Å². The van der Waals surface area contributed by atoms with E-state index in [1.165, 1.54) is 44.6 Å². The number of hydrogen-bond donors (Lipinski definition) is 1. The van der Waals surface area contributed by atoms with Crippen molar-refractivity contribution in [3.63, 3.8) is 0 Å². The van der Waals surface area contributed by atoms with E-state index in [1.807, 2.05) is 12.1 Å². The number of hydrogen-bond acceptors (Lipinski definition) is 1. The predicted molar refractivity (Wildman–Crippen MR) is 78.6 cm³/mol. The second kappa shape index (κ2) is 4.56. The Hall–Kier alpha value is -0.890. The zero-order valence-corrected chi connectivity index (χ0v) is 12.0. The summed E-state index contributed by atoms with van der Waals surface area (Å²) in [6.07, 6.45) is 9.39. The van der Waals surface area contributed by atoms with Crippen LogP contribution in [-0.4, -0.2) is 0 Å². The normalized spacial score (nSPS) is 40.0. The van der Waals surface area contributed by atoms with Gasteiger partial charge < -0.3 is 5.73 Å². The molecule has 1 aromatic rings. The van der Waals surface area contributed by atoms with E-state index in [1.54, 1.807) is 6.07 Å². The van der Waals surface area contributed by atoms with Crippen LogP contribution in [-0.2, 0) is 0 Å². The molecular formula is C18H24FN. The first-order valence-corrected chi connectivity index (χ1v) is 8.14. The fourth-order valence-electron chi connectivity index (χ4n) is 5.89. The van der Waals surface area contributed by atoms with Crippen LogP contribution in [0.25, 0.3) is 0 Å². The zero-order chi connectivity index (χ0) is 13.7. The first-order chi connectivity index (χ1) is 9.63. The van der Waals surface area contributed by atoms with Gasteiger partial charge in [-0.3, -0.25) is 0 Å². The molecule has 4 aliphatic rings. The Morgan fingerprint density at radius 3 is 2.15 bits per heavy atom. The Kier molecular flexibility index (Phi) is 2.92. The molecule has 0 spiro atoms. The Labute approximate surface area is 120 Å². The molecule has 0 radical (unpaired) electrons. The average molecular weight is 273 g/mol. The molecule has 4 aliphatic carbocycles. The standard InChI is InChI=1S/C18H24FN/c19-16-4-2-1-3-15(16)17(20)11-18-8-12-5-13(9-18)7-14(6-12)10-18/h1-4,12-14,17H,5-11,20H2. The van der Waals surface area contributed by atoms with Crippen molar-refractivity contribution in [2.45, 2.75) is 51.0 Å². The van der Waals surface area contributed by atoms with Crippen LogP contribution in [0.1, 0.15) is 56.6 Å². The SMILES string of the molecule is NC(CC12CC3CC(CC(C3)C1)C2)c1ccccc1F. The summed E-state index contributed by atoms with van der Waals surface area (Å²) in [5.74, 6) is 2.68. The quantitative estimate of drug-likeness (QED) is 0.866. The van der Waals surface area contributed by atoms with Crippen LogP contribution in [0.4, 0.5) is 4.39 Å². The largest absolute Gasteiger partial charge is 0.324 e. The van der Waals surface area contributed by atoms with Crippen molar-refractivity contribution in [1.29, 1.82) is 0 Å². The second-order valence-corrected chi connectivity index (χ2v) is 7.75. The maximum Gasteiger partial charge on any atom is 0.127 e. The molecule has 0 amide bonds. The van der Waals surface area contributed by atoms with E-state index >= 15 is 0 Å². The summed E-state index contributed by atoms with van der Waals surface area (Å²) in [6.45, 7) is 0. The van der Waals surface area contributed by atoms with Gasteiger partial charge >= 0.3 is 0 Å². The molecule has 20 heavy (non-hydrogen) atoms. The molecule has 1 unspecified atom stereocenters. The van der Waals surface area contributed by atoms with E-state index in [0.29, 0.717) is 11.0 Å². The van der Waals surface area contributed by atoms with E-state index in [2.05, 4.69) is 0 Å². The molecule has 0 aliphatic heterocycles. The molecule has 1 nitrogen and oxygen atoms in total. The monoisotopic (exact) mass is 273 g/mol. The minimum atomic E-state index is -0.135. The Bertz CT molecular complexity index is 475. The van der Waals surface area contributed by atoms with Gasteiger partial charge in [-0.15, -0.1) is 0 Å². The number of rotatable bonds is 3. The summed E-state index contributed by atoms with van der Waals surface area (Å²) in [5.41, 5.74) is 7.52. The first kappa shape index (κ1) is 12.8. The van der Waals surface area contributed by atoms with Crippen LogP contribution in [0.15, 0.2) is 24.3 Å². The second-order valence-electron chi connectivity index (χ2n) is 7.75. The minimum absolute atomic E-state index is 0.132. The maximum atomic E-state index is 13.9. The highest BCUT2D eigenvalue weighted by molar-refractivity contribution is 5.21. The molecular weight excluding hydrogens is 249 g/mol. The molecule has 0 saturated heterocycles. The van der Waals surface area contributed by atoms with Crippen molar-refractivity contribution in [3.8, 4) is 0 Å². The summed E-state index contributed by atoms with van der Waals surface area (Å²) in [6, 6.07) is 6.91. The van der Waals surface area contributed by atoms with Gasteiger partial charge in [0, 0.05) is 11.6 Å². The fourth-order valence-corrected chi connectivity index (χ4v) is 5.89. The number of halogens is 1. The topological polar surface area (TPSA) is 26.0 Å². The number of benzene rings is 1. The lowest BCUT2D eigenvalue weighted by Crippen LogP contribution is -2.47. The van der Waals surface area contributed by atoms with Gasteiger partial charge in [0.25, 0.3) is 0 Å². The van der Waals surface area contributed by atoms with Crippen LogP contribution >= 0.6 is 0 Å². The Morgan fingerprint density at radius 1 is 1.05 bits per heavy atom. The third-order valence-corrected chi connectivity index (χ3v) is 6.12.